The largest absolute Gasteiger partial charge is 0.429 e. The van der Waals surface area contributed by atoms with Crippen molar-refractivity contribution in [2.24, 2.45) is 23.7 Å². The number of hydrogen-bond acceptors (Lipinski definition) is 1. The molecule has 0 N–H and O–H groups in total. The molecule has 0 amide bonds. The fraction of sp³-hybridized carbons (Fsp3) is 0.692. The van der Waals surface area contributed by atoms with Crippen LogP contribution < -0.4 is 4.74 Å². The Morgan fingerprint density at radius 1 is 0.871 bits per heavy atom. The van der Waals surface area contributed by atoms with E-state index < -0.39 is 24.0 Å². The number of benzene rings is 1. The molecule has 0 aliphatic heterocycles. The van der Waals surface area contributed by atoms with Gasteiger partial charge in [0.15, 0.2) is 17.4 Å². The summed E-state index contributed by atoms with van der Waals surface area (Å²) >= 11 is 0. The monoisotopic (exact) mass is 440 g/mol. The molecule has 1 nitrogen and oxygen atoms in total. The number of aryl methyl sites for hydroxylation is 1. The number of rotatable bonds is 10. The van der Waals surface area contributed by atoms with Gasteiger partial charge in [0.2, 0.25) is 0 Å². The number of allylic oxidation sites excluding steroid dienone is 1. The van der Waals surface area contributed by atoms with Crippen molar-refractivity contribution >= 4 is 0 Å². The van der Waals surface area contributed by atoms with E-state index in [2.05, 4.69) is 11.3 Å². The molecular formula is C26H36F4O. The molecule has 2 aliphatic carbocycles. The Bertz CT molecular complexity index is 666. The van der Waals surface area contributed by atoms with Gasteiger partial charge in [0.1, 0.15) is 0 Å². The maximum absolute atomic E-state index is 13.9. The van der Waals surface area contributed by atoms with Crippen molar-refractivity contribution in [2.75, 3.05) is 0 Å². The molecule has 2 saturated carbocycles. The average molecular weight is 441 g/mol. The van der Waals surface area contributed by atoms with Gasteiger partial charge in [0, 0.05) is 0 Å². The molecule has 0 heterocycles. The third-order valence-corrected chi connectivity index (χ3v) is 7.58. The summed E-state index contributed by atoms with van der Waals surface area (Å²) in [6.07, 6.45) is 17.6. The lowest BCUT2D eigenvalue weighted by molar-refractivity contribution is -0.0546. The maximum atomic E-state index is 13.9. The minimum Gasteiger partial charge on any atom is -0.429 e. The number of ether oxygens (including phenoxy) is 1. The van der Waals surface area contributed by atoms with Crippen molar-refractivity contribution in [3.8, 4) is 5.75 Å². The van der Waals surface area contributed by atoms with Crippen LogP contribution in [0, 0.1) is 35.3 Å². The molecule has 2 aliphatic rings. The van der Waals surface area contributed by atoms with Gasteiger partial charge in [0.05, 0.1) is 0 Å². The first-order valence-electron chi connectivity index (χ1n) is 12.0. The fourth-order valence-electron chi connectivity index (χ4n) is 5.78. The molecule has 0 unspecified atom stereocenters. The van der Waals surface area contributed by atoms with Crippen LogP contribution in [0.25, 0.3) is 0 Å². The Balaban J connectivity index is 1.38. The summed E-state index contributed by atoms with van der Waals surface area (Å²) in [5, 5.41) is 0. The first kappa shape index (κ1) is 24.1. The van der Waals surface area contributed by atoms with Crippen molar-refractivity contribution in [3.05, 3.63) is 42.0 Å². The minimum absolute atomic E-state index is 0.508. The quantitative estimate of drug-likeness (QED) is 0.201. The fourth-order valence-corrected chi connectivity index (χ4v) is 5.78. The zero-order chi connectivity index (χ0) is 22.2. The molecule has 0 spiro atoms. The number of halogens is 4. The Kier molecular flexibility index (Phi) is 9.28. The zero-order valence-electron chi connectivity index (χ0n) is 18.4. The number of hydrogen-bond donors (Lipinski definition) is 0. The Morgan fingerprint density at radius 2 is 1.39 bits per heavy atom. The van der Waals surface area contributed by atoms with Crippen LogP contribution in [0.15, 0.2) is 24.8 Å². The van der Waals surface area contributed by atoms with E-state index in [0.717, 1.165) is 42.7 Å². The van der Waals surface area contributed by atoms with E-state index in [-0.39, 0.29) is 0 Å². The van der Waals surface area contributed by atoms with Gasteiger partial charge >= 0.3 is 6.61 Å². The van der Waals surface area contributed by atoms with Gasteiger partial charge in [-0.05, 0) is 92.7 Å². The highest BCUT2D eigenvalue weighted by molar-refractivity contribution is 5.31. The lowest BCUT2D eigenvalue weighted by Crippen LogP contribution is -2.26. The molecule has 31 heavy (non-hydrogen) atoms. The molecule has 1 aromatic rings. The second-order valence-corrected chi connectivity index (χ2v) is 9.59. The van der Waals surface area contributed by atoms with Gasteiger partial charge in [-0.3, -0.25) is 0 Å². The predicted molar refractivity (Wildman–Crippen MR) is 116 cm³/mol. The summed E-state index contributed by atoms with van der Waals surface area (Å²) in [6.45, 7) is 0.572. The number of alkyl halides is 2. The first-order valence-corrected chi connectivity index (χ1v) is 12.0. The van der Waals surface area contributed by atoms with Crippen molar-refractivity contribution < 1.29 is 22.3 Å². The molecule has 0 bridgehead atoms. The maximum Gasteiger partial charge on any atom is 0.387 e. The standard InChI is InChI=1S/C26H36F4O/c1-2-3-4-5-18-8-12-21(13-9-18)22-14-10-19(11-15-22)6-7-20-16-23(27)25(24(28)17-20)31-26(29)30/h2,16-19,21-22,26H,1,3-15H2. The van der Waals surface area contributed by atoms with E-state index in [9.17, 15) is 17.6 Å². The van der Waals surface area contributed by atoms with E-state index in [1.165, 1.54) is 64.2 Å². The van der Waals surface area contributed by atoms with E-state index in [1.807, 2.05) is 6.08 Å². The molecule has 1 aromatic carbocycles. The van der Waals surface area contributed by atoms with Gasteiger partial charge in [-0.25, -0.2) is 8.78 Å². The van der Waals surface area contributed by atoms with E-state index >= 15 is 0 Å². The highest BCUT2D eigenvalue weighted by atomic mass is 19.3. The summed E-state index contributed by atoms with van der Waals surface area (Å²) in [6, 6.07) is 2.25. The number of unbranched alkanes of at least 4 members (excludes halogenated alkanes) is 1. The van der Waals surface area contributed by atoms with Crippen LogP contribution in [0.5, 0.6) is 5.75 Å². The van der Waals surface area contributed by atoms with Crippen LogP contribution in [-0.4, -0.2) is 6.61 Å². The smallest absolute Gasteiger partial charge is 0.387 e. The highest BCUT2D eigenvalue weighted by Crippen LogP contribution is 2.43. The van der Waals surface area contributed by atoms with Crippen molar-refractivity contribution in [3.63, 3.8) is 0 Å². The van der Waals surface area contributed by atoms with Crippen molar-refractivity contribution in [1.82, 2.24) is 0 Å². The van der Waals surface area contributed by atoms with Gasteiger partial charge in [-0.1, -0.05) is 38.2 Å². The third-order valence-electron chi connectivity index (χ3n) is 7.58. The van der Waals surface area contributed by atoms with E-state index in [0.29, 0.717) is 17.9 Å². The highest BCUT2D eigenvalue weighted by Gasteiger charge is 2.30. The Hall–Kier alpha value is -1.52. The summed E-state index contributed by atoms with van der Waals surface area (Å²) < 4.78 is 56.3. The predicted octanol–water partition coefficient (Wildman–Crippen LogP) is 8.47. The van der Waals surface area contributed by atoms with Gasteiger partial charge in [-0.2, -0.15) is 8.78 Å². The van der Waals surface area contributed by atoms with E-state index in [1.54, 1.807) is 0 Å². The van der Waals surface area contributed by atoms with Crippen LogP contribution in [0.1, 0.15) is 82.6 Å². The molecule has 174 valence electrons. The minimum atomic E-state index is -3.24. The normalized spacial score (nSPS) is 26.7. The van der Waals surface area contributed by atoms with Crippen LogP contribution >= 0.6 is 0 Å². The van der Waals surface area contributed by atoms with Crippen molar-refractivity contribution in [2.45, 2.75) is 90.1 Å². The Labute approximate surface area is 184 Å². The Morgan fingerprint density at radius 3 is 1.87 bits per heavy atom. The molecule has 2 fully saturated rings. The van der Waals surface area contributed by atoms with Crippen LogP contribution in [0.3, 0.4) is 0 Å². The van der Waals surface area contributed by atoms with Gasteiger partial charge in [-0.15, -0.1) is 6.58 Å². The molecule has 0 radical (unpaired) electrons. The molecule has 0 saturated heterocycles. The van der Waals surface area contributed by atoms with Crippen molar-refractivity contribution in [1.29, 1.82) is 0 Å². The summed E-state index contributed by atoms with van der Waals surface area (Å²) in [5.74, 6) is 0.0986. The summed E-state index contributed by atoms with van der Waals surface area (Å²) in [7, 11) is 0. The molecule has 0 atom stereocenters. The molecule has 5 heteroatoms. The SMILES string of the molecule is C=CCCCC1CCC(C2CCC(CCc3cc(F)c(OC(F)F)c(F)c3)CC2)CC1. The third kappa shape index (κ3) is 7.25. The average Bonchev–Trinajstić information content (AvgIpc) is 2.76. The first-order chi connectivity index (χ1) is 15.0. The zero-order valence-corrected chi connectivity index (χ0v) is 18.4. The lowest BCUT2D eigenvalue weighted by atomic mass is 9.68. The van der Waals surface area contributed by atoms with Gasteiger partial charge < -0.3 is 4.74 Å². The molecule has 0 aromatic heterocycles. The van der Waals surface area contributed by atoms with Crippen LogP contribution in [0.4, 0.5) is 17.6 Å². The van der Waals surface area contributed by atoms with Crippen LogP contribution in [0.2, 0.25) is 0 Å². The van der Waals surface area contributed by atoms with Crippen LogP contribution in [-0.2, 0) is 6.42 Å². The summed E-state index contributed by atoms with van der Waals surface area (Å²) in [4.78, 5) is 0. The van der Waals surface area contributed by atoms with E-state index in [4.69, 9.17) is 0 Å². The second kappa shape index (κ2) is 11.9. The summed E-state index contributed by atoms with van der Waals surface area (Å²) in [5.41, 5.74) is 0.508. The molecule has 3 rings (SSSR count). The van der Waals surface area contributed by atoms with Gasteiger partial charge in [0.25, 0.3) is 0 Å². The second-order valence-electron chi connectivity index (χ2n) is 9.59. The topological polar surface area (TPSA) is 9.23 Å². The molecular weight excluding hydrogens is 404 g/mol. The lowest BCUT2D eigenvalue weighted by Gasteiger charge is -2.38.